The van der Waals surface area contributed by atoms with E-state index in [4.69, 9.17) is 15.2 Å². The molecule has 28 heavy (non-hydrogen) atoms. The zero-order valence-corrected chi connectivity index (χ0v) is 16.7. The third-order valence-corrected chi connectivity index (χ3v) is 4.11. The fourth-order valence-corrected chi connectivity index (χ4v) is 2.74. The van der Waals surface area contributed by atoms with Gasteiger partial charge in [-0.2, -0.15) is 0 Å². The van der Waals surface area contributed by atoms with Gasteiger partial charge in [-0.1, -0.05) is 18.2 Å². The number of nitrogens with two attached hydrogens (primary N) is 1. The summed E-state index contributed by atoms with van der Waals surface area (Å²) in [6, 6.07) is 11.8. The number of rotatable bonds is 10. The van der Waals surface area contributed by atoms with Crippen LogP contribution in [0.3, 0.4) is 0 Å². The number of amides is 1. The molecule has 2 aromatic carbocycles. The largest absolute Gasteiger partial charge is 0.490 e. The second kappa shape index (κ2) is 10.5. The molecule has 0 fully saturated rings. The molecule has 0 spiro atoms. The fourth-order valence-electron chi connectivity index (χ4n) is 2.74. The number of ether oxygens (including phenoxy) is 2. The van der Waals surface area contributed by atoms with Gasteiger partial charge in [0.2, 0.25) is 0 Å². The van der Waals surface area contributed by atoms with Crippen molar-refractivity contribution in [3.05, 3.63) is 59.2 Å². The van der Waals surface area contributed by atoms with Gasteiger partial charge in [0, 0.05) is 23.7 Å². The Morgan fingerprint density at radius 1 is 1.00 bits per heavy atom. The highest BCUT2D eigenvalue weighted by Crippen LogP contribution is 2.29. The van der Waals surface area contributed by atoms with E-state index in [0.717, 1.165) is 0 Å². The van der Waals surface area contributed by atoms with Crippen molar-refractivity contribution in [1.29, 1.82) is 0 Å². The van der Waals surface area contributed by atoms with Gasteiger partial charge in [-0.05, 0) is 51.5 Å². The minimum atomic E-state index is -0.291. The Bertz CT molecular complexity index is 818. The molecule has 0 aliphatic rings. The molecule has 150 valence electrons. The summed E-state index contributed by atoms with van der Waals surface area (Å²) in [7, 11) is 0. The quantitative estimate of drug-likeness (QED) is 0.614. The van der Waals surface area contributed by atoms with E-state index in [1.807, 2.05) is 20.8 Å². The first-order valence-corrected chi connectivity index (χ1v) is 9.55. The van der Waals surface area contributed by atoms with Crippen molar-refractivity contribution in [2.24, 2.45) is 5.73 Å². The zero-order valence-electron chi connectivity index (χ0n) is 16.7. The van der Waals surface area contributed by atoms with Crippen LogP contribution >= 0.6 is 0 Å². The number of carbonyl (C=O) groups excluding carboxylic acids is 2. The van der Waals surface area contributed by atoms with E-state index in [-0.39, 0.29) is 17.7 Å². The molecule has 0 saturated heterocycles. The normalized spacial score (nSPS) is 11.6. The van der Waals surface area contributed by atoms with Crippen LogP contribution in [0.25, 0.3) is 0 Å². The lowest BCUT2D eigenvalue weighted by Crippen LogP contribution is -2.30. The predicted octanol–water partition coefficient (Wildman–Crippen LogP) is 3.18. The van der Waals surface area contributed by atoms with E-state index in [9.17, 15) is 9.59 Å². The smallest absolute Gasteiger partial charge is 0.252 e. The second-order valence-electron chi connectivity index (χ2n) is 6.42. The van der Waals surface area contributed by atoms with Gasteiger partial charge in [0.1, 0.15) is 0 Å². The summed E-state index contributed by atoms with van der Waals surface area (Å²) >= 11 is 0. The number of ketones is 1. The fraction of sp³-hybridized carbons (Fsp3) is 0.364. The second-order valence-corrected chi connectivity index (χ2v) is 6.42. The first-order chi connectivity index (χ1) is 13.5. The van der Waals surface area contributed by atoms with Crippen molar-refractivity contribution < 1.29 is 19.1 Å². The molecular weight excluding hydrogens is 356 g/mol. The van der Waals surface area contributed by atoms with Crippen LogP contribution in [-0.2, 0) is 0 Å². The molecule has 2 aromatic rings. The Balaban J connectivity index is 2.29. The van der Waals surface area contributed by atoms with E-state index in [0.29, 0.717) is 54.4 Å². The lowest BCUT2D eigenvalue weighted by atomic mass is 9.97. The summed E-state index contributed by atoms with van der Waals surface area (Å²) in [5, 5.41) is 2.82. The molecular formula is C22H28N2O4. The van der Waals surface area contributed by atoms with Gasteiger partial charge in [-0.3, -0.25) is 9.59 Å². The molecule has 0 aliphatic heterocycles. The van der Waals surface area contributed by atoms with Gasteiger partial charge in [0.05, 0.1) is 18.8 Å². The summed E-state index contributed by atoms with van der Waals surface area (Å²) in [6.45, 7) is 7.04. The Labute approximate surface area is 166 Å². The van der Waals surface area contributed by atoms with E-state index >= 15 is 0 Å². The Hall–Kier alpha value is -2.86. The third kappa shape index (κ3) is 5.57. The van der Waals surface area contributed by atoms with Crippen molar-refractivity contribution in [2.45, 2.75) is 33.2 Å². The molecule has 0 heterocycles. The number of benzene rings is 2. The molecule has 1 unspecified atom stereocenters. The molecule has 6 nitrogen and oxygen atoms in total. The topological polar surface area (TPSA) is 90.7 Å². The number of nitrogens with one attached hydrogen (secondary N) is 1. The molecule has 2 rings (SSSR count). The van der Waals surface area contributed by atoms with Crippen LogP contribution in [0.4, 0.5) is 0 Å². The minimum absolute atomic E-state index is 0.00184. The average molecular weight is 384 g/mol. The van der Waals surface area contributed by atoms with Crippen LogP contribution in [0.5, 0.6) is 11.5 Å². The van der Waals surface area contributed by atoms with Gasteiger partial charge >= 0.3 is 0 Å². The lowest BCUT2D eigenvalue weighted by Gasteiger charge is -2.13. The van der Waals surface area contributed by atoms with E-state index in [2.05, 4.69) is 5.32 Å². The highest BCUT2D eigenvalue weighted by Gasteiger charge is 2.19. The third-order valence-electron chi connectivity index (χ3n) is 4.11. The maximum atomic E-state index is 13.1. The molecule has 0 saturated carbocycles. The highest BCUT2D eigenvalue weighted by atomic mass is 16.5. The van der Waals surface area contributed by atoms with Gasteiger partial charge in [0.25, 0.3) is 5.91 Å². The summed E-state index contributed by atoms with van der Waals surface area (Å²) in [5.74, 6) is 0.555. The van der Waals surface area contributed by atoms with Crippen molar-refractivity contribution >= 4 is 11.7 Å². The summed E-state index contributed by atoms with van der Waals surface area (Å²) in [4.78, 5) is 25.6. The monoisotopic (exact) mass is 384 g/mol. The van der Waals surface area contributed by atoms with Crippen LogP contribution in [0, 0.1) is 0 Å². The van der Waals surface area contributed by atoms with Gasteiger partial charge in [0.15, 0.2) is 17.3 Å². The summed E-state index contributed by atoms with van der Waals surface area (Å²) < 4.78 is 11.1. The molecule has 0 aromatic heterocycles. The van der Waals surface area contributed by atoms with Crippen LogP contribution < -0.4 is 20.5 Å². The van der Waals surface area contributed by atoms with E-state index in [1.54, 1.807) is 42.5 Å². The summed E-state index contributed by atoms with van der Waals surface area (Å²) in [6.07, 6.45) is 0.665. The van der Waals surface area contributed by atoms with Crippen molar-refractivity contribution in [3.8, 4) is 11.5 Å². The first-order valence-electron chi connectivity index (χ1n) is 9.55. The zero-order chi connectivity index (χ0) is 20.5. The number of hydrogen-bond donors (Lipinski definition) is 2. The maximum Gasteiger partial charge on any atom is 0.252 e. The summed E-state index contributed by atoms with van der Waals surface area (Å²) in [5.41, 5.74) is 6.83. The molecule has 3 N–H and O–H groups in total. The van der Waals surface area contributed by atoms with Gasteiger partial charge < -0.3 is 20.5 Å². The van der Waals surface area contributed by atoms with Gasteiger partial charge in [-0.15, -0.1) is 0 Å². The van der Waals surface area contributed by atoms with Crippen molar-refractivity contribution in [1.82, 2.24) is 5.32 Å². The molecule has 0 aliphatic carbocycles. The van der Waals surface area contributed by atoms with Crippen LogP contribution in [0.1, 0.15) is 53.5 Å². The Kier molecular flexibility index (Phi) is 8.02. The molecule has 6 heteroatoms. The lowest BCUT2D eigenvalue weighted by molar-refractivity contribution is 0.0941. The van der Waals surface area contributed by atoms with Crippen LogP contribution in [-0.4, -0.2) is 37.5 Å². The highest BCUT2D eigenvalue weighted by molar-refractivity contribution is 6.15. The maximum absolute atomic E-state index is 13.1. The average Bonchev–Trinajstić information content (AvgIpc) is 2.68. The number of hydrogen-bond acceptors (Lipinski definition) is 5. The van der Waals surface area contributed by atoms with E-state index in [1.165, 1.54) is 0 Å². The molecule has 1 atom stereocenters. The predicted molar refractivity (Wildman–Crippen MR) is 109 cm³/mol. The van der Waals surface area contributed by atoms with Gasteiger partial charge in [-0.25, -0.2) is 0 Å². The Morgan fingerprint density at radius 3 is 2.29 bits per heavy atom. The molecule has 0 bridgehead atoms. The standard InChI is InChI=1S/C22H28N2O4/c1-4-27-19-11-10-16(14-20(19)28-5-2)21(25)17-8-6-7-9-18(17)22(26)24-13-12-15(3)23/h6-11,14-15H,4-5,12-13,23H2,1-3H3,(H,24,26). The minimum Gasteiger partial charge on any atom is -0.490 e. The van der Waals surface area contributed by atoms with E-state index < -0.39 is 0 Å². The Morgan fingerprint density at radius 2 is 1.64 bits per heavy atom. The number of carbonyl (C=O) groups is 2. The SMILES string of the molecule is CCOc1ccc(C(=O)c2ccccc2C(=O)NCCC(C)N)cc1OCC. The van der Waals surface area contributed by atoms with Crippen LogP contribution in [0.15, 0.2) is 42.5 Å². The van der Waals surface area contributed by atoms with Crippen molar-refractivity contribution in [3.63, 3.8) is 0 Å². The van der Waals surface area contributed by atoms with Crippen molar-refractivity contribution in [2.75, 3.05) is 19.8 Å². The first kappa shape index (κ1) is 21.4. The van der Waals surface area contributed by atoms with Crippen LogP contribution in [0.2, 0.25) is 0 Å². The molecule has 1 amide bonds. The molecule has 0 radical (unpaired) electrons.